The van der Waals surface area contributed by atoms with Gasteiger partial charge in [-0.05, 0) is 19.4 Å². The number of benzene rings is 3. The van der Waals surface area contributed by atoms with E-state index >= 15 is 0 Å². The van der Waals surface area contributed by atoms with Gasteiger partial charge in [0.2, 0.25) is 0 Å². The number of rotatable bonds is 11. The van der Waals surface area contributed by atoms with E-state index in [0.717, 1.165) is 14.6 Å². The third-order valence-electron chi connectivity index (χ3n) is 6.48. The Morgan fingerprint density at radius 2 is 1.32 bits per heavy atom. The molecule has 0 unspecified atom stereocenters. The maximum Gasteiger partial charge on any atom is 0.305 e. The Morgan fingerprint density at radius 3 is 1.82 bits per heavy atom. The number of hydrogen-bond donors (Lipinski definition) is 1. The predicted octanol–water partition coefficient (Wildman–Crippen LogP) is 10.5. The monoisotopic (exact) mass is 737 g/mol. The summed E-state index contributed by atoms with van der Waals surface area (Å²) in [4.78, 5) is 21.4. The summed E-state index contributed by atoms with van der Waals surface area (Å²) in [6.45, 7) is 18.7. The summed E-state index contributed by atoms with van der Waals surface area (Å²) in [6.07, 6.45) is 6.58. The molecule has 3 aromatic rings. The van der Waals surface area contributed by atoms with Gasteiger partial charge in [0.05, 0.1) is 6.61 Å². The number of carbonyl (C=O) groups excluding carboxylic acids is 2. The Bertz CT molecular complexity index is 1110. The van der Waals surface area contributed by atoms with E-state index in [9.17, 15) is 9.59 Å². The second-order valence-electron chi connectivity index (χ2n) is 9.55. The maximum absolute atomic E-state index is 11.2. The zero-order valence-corrected chi connectivity index (χ0v) is 32.2. The first kappa shape index (κ1) is 37.8. The first-order chi connectivity index (χ1) is 19.3. The maximum atomic E-state index is 11.2. The average molecular weight is 736 g/mol. The molecule has 3 rings (SSSR count). The van der Waals surface area contributed by atoms with Crippen LogP contribution in [0.4, 0.5) is 5.69 Å². The Kier molecular flexibility index (Phi) is 22.2. The number of Topliss-reactive ketones (excluding diaryl/α,β-unsaturated/α-hetero) is 1. The minimum Gasteiger partial charge on any atom is -0.466 e. The largest absolute Gasteiger partial charge is 0.466 e. The molecule has 0 radical (unpaired) electrons. The Morgan fingerprint density at radius 1 is 0.750 bits per heavy atom. The van der Waals surface area contributed by atoms with Crippen LogP contribution in [0.2, 0.25) is 3.43 Å². The standard InChI is InChI=1S/C11H10N.C10H12O.C7H15.C5H10O2.C2H6.Hg/c1-8-6-7-11(12)10-5-3-2-4-9(8)10;1-3-10(11)9-7-5-4-6-8(9)2;1-3-5-7-6-4-2;1-3-5(6)7-4-2;1-2;/h2-7,12H,1H3;4-7H,3H2,1-2H3;7H,3-6H2,1-2H3;3-4H2,1-2H3;1-2H3;/q-1;;;;;+1. The van der Waals surface area contributed by atoms with E-state index in [1.54, 1.807) is 13.8 Å². The van der Waals surface area contributed by atoms with E-state index in [4.69, 9.17) is 0 Å². The molecule has 40 heavy (non-hydrogen) atoms. The molecule has 0 aliphatic rings. The van der Waals surface area contributed by atoms with Crippen LogP contribution in [0.15, 0.2) is 60.7 Å². The Balaban J connectivity index is 0.000000639. The molecular weight excluding hydrogens is 683 g/mol. The van der Waals surface area contributed by atoms with Crippen LogP contribution in [-0.4, -0.2) is 18.4 Å². The number of aryl methyl sites for hydroxylation is 2. The SMILES string of the molecule is CC.CCC(=O)c1ccccc1C.CCC[CH](CCC)[Hg][NH]c1ccc(C)c2ccccc12.CCOC(=O)CC. The van der Waals surface area contributed by atoms with Gasteiger partial charge in [-0.2, -0.15) is 0 Å². The fraction of sp³-hybridized carbons (Fsp3) is 0.486. The van der Waals surface area contributed by atoms with Gasteiger partial charge in [0.1, 0.15) is 0 Å². The van der Waals surface area contributed by atoms with E-state index < -0.39 is 24.9 Å². The molecule has 0 heterocycles. The molecule has 0 saturated heterocycles. The number of fused-ring (bicyclic) bond motifs is 1. The van der Waals surface area contributed by atoms with E-state index in [1.807, 2.05) is 52.0 Å². The van der Waals surface area contributed by atoms with Crippen molar-refractivity contribution in [2.75, 3.05) is 9.69 Å². The van der Waals surface area contributed by atoms with Gasteiger partial charge in [0.25, 0.3) is 0 Å². The smallest absolute Gasteiger partial charge is 0.305 e. The summed E-state index contributed by atoms with van der Waals surface area (Å²) in [5.41, 5.74) is 4.68. The summed E-state index contributed by atoms with van der Waals surface area (Å²) in [7, 11) is 0. The fourth-order valence-corrected chi connectivity index (χ4v) is 12.3. The van der Waals surface area contributed by atoms with Crippen LogP contribution in [0.1, 0.15) is 108 Å². The number of ether oxygens (including phenoxy) is 1. The number of anilines is 1. The first-order valence-electron chi connectivity index (χ1n) is 15.3. The summed E-state index contributed by atoms with van der Waals surface area (Å²) in [5, 5.41) is 2.80. The van der Waals surface area contributed by atoms with Crippen LogP contribution in [0.5, 0.6) is 0 Å². The molecule has 0 atom stereocenters. The quantitative estimate of drug-likeness (QED) is 0.121. The predicted molar refractivity (Wildman–Crippen MR) is 170 cm³/mol. The summed E-state index contributed by atoms with van der Waals surface area (Å²) < 4.78 is 9.48. The molecule has 0 bridgehead atoms. The Labute approximate surface area is 257 Å². The van der Waals surface area contributed by atoms with Crippen LogP contribution >= 0.6 is 0 Å². The molecule has 0 aliphatic heterocycles. The van der Waals surface area contributed by atoms with E-state index in [0.29, 0.717) is 19.4 Å². The van der Waals surface area contributed by atoms with Crippen molar-refractivity contribution in [3.8, 4) is 0 Å². The molecular formula is C35H53HgNO3. The zero-order chi connectivity index (χ0) is 30.3. The summed E-state index contributed by atoms with van der Waals surface area (Å²) in [5.74, 6) is 0.102. The zero-order valence-electron chi connectivity index (χ0n) is 26.7. The minimum atomic E-state index is -1.05. The van der Waals surface area contributed by atoms with Crippen LogP contribution < -0.4 is 3.08 Å². The fourth-order valence-electron chi connectivity index (χ4n) is 4.36. The third kappa shape index (κ3) is 14.4. The summed E-state index contributed by atoms with van der Waals surface area (Å²) >= 11 is -1.05. The normalized spacial score (nSPS) is 9.65. The second kappa shape index (κ2) is 23.5. The molecule has 218 valence electrons. The van der Waals surface area contributed by atoms with Gasteiger partial charge in [-0.1, -0.05) is 52.0 Å². The van der Waals surface area contributed by atoms with Crippen LogP contribution in [-0.2, 0) is 34.4 Å². The van der Waals surface area contributed by atoms with Crippen molar-refractivity contribution in [1.82, 2.24) is 0 Å². The molecule has 0 fully saturated rings. The van der Waals surface area contributed by atoms with E-state index in [1.165, 1.54) is 47.7 Å². The molecule has 4 nitrogen and oxygen atoms in total. The molecule has 0 spiro atoms. The van der Waals surface area contributed by atoms with Gasteiger partial charge in [0.15, 0.2) is 5.78 Å². The Hall–Kier alpha value is -2.20. The van der Waals surface area contributed by atoms with Gasteiger partial charge >= 0.3 is 142 Å². The van der Waals surface area contributed by atoms with Crippen LogP contribution in [0, 0.1) is 13.8 Å². The molecule has 0 aliphatic carbocycles. The van der Waals surface area contributed by atoms with Crippen molar-refractivity contribution in [3.63, 3.8) is 0 Å². The van der Waals surface area contributed by atoms with Crippen molar-refractivity contribution in [3.05, 3.63) is 77.4 Å². The minimum absolute atomic E-state index is 0.123. The van der Waals surface area contributed by atoms with Gasteiger partial charge in [0, 0.05) is 18.4 Å². The summed E-state index contributed by atoms with van der Waals surface area (Å²) in [6, 6.07) is 21.0. The van der Waals surface area contributed by atoms with Crippen LogP contribution in [0.25, 0.3) is 10.8 Å². The van der Waals surface area contributed by atoms with Gasteiger partial charge in [-0.15, -0.1) is 0 Å². The van der Waals surface area contributed by atoms with Gasteiger partial charge in [-0.3, -0.25) is 9.59 Å². The van der Waals surface area contributed by atoms with Gasteiger partial charge < -0.3 is 4.74 Å². The van der Waals surface area contributed by atoms with Crippen molar-refractivity contribution < 1.29 is 39.2 Å². The topological polar surface area (TPSA) is 55.4 Å². The molecule has 5 heteroatoms. The second-order valence-corrected chi connectivity index (χ2v) is 17.0. The molecule has 0 saturated carbocycles. The van der Waals surface area contributed by atoms with Crippen molar-refractivity contribution >= 4 is 28.2 Å². The van der Waals surface area contributed by atoms with Crippen LogP contribution in [0.3, 0.4) is 0 Å². The molecule has 1 N–H and O–H groups in total. The number of carbonyl (C=O) groups is 2. The molecule has 0 aromatic heterocycles. The average Bonchev–Trinajstić information content (AvgIpc) is 2.99. The molecule has 3 aromatic carbocycles. The first-order valence-corrected chi connectivity index (χ1v) is 21.2. The van der Waals surface area contributed by atoms with Crippen molar-refractivity contribution in [2.24, 2.45) is 0 Å². The molecule has 0 amide bonds. The number of hydrogen-bond acceptors (Lipinski definition) is 4. The van der Waals surface area contributed by atoms with E-state index in [2.05, 4.69) is 65.0 Å². The van der Waals surface area contributed by atoms with E-state index in [-0.39, 0.29) is 11.8 Å². The third-order valence-corrected chi connectivity index (χ3v) is 14.2. The van der Waals surface area contributed by atoms with Crippen molar-refractivity contribution in [2.45, 2.75) is 104 Å². The van der Waals surface area contributed by atoms with Crippen molar-refractivity contribution in [1.29, 1.82) is 0 Å². The number of ketones is 1. The number of nitrogens with one attached hydrogen (secondary N) is 1. The number of esters is 1. The van der Waals surface area contributed by atoms with Gasteiger partial charge in [-0.25, -0.2) is 0 Å².